The number of rotatable bonds is 4. The second-order valence-electron chi connectivity index (χ2n) is 6.13. The monoisotopic (exact) mass is 395 g/mol. The normalized spacial score (nSPS) is 16.6. The van der Waals surface area contributed by atoms with E-state index in [1.165, 1.54) is 9.96 Å². The van der Waals surface area contributed by atoms with Gasteiger partial charge in [-0.15, -0.1) is 11.8 Å². The van der Waals surface area contributed by atoms with Crippen LogP contribution in [0.1, 0.15) is 17.3 Å². The molecule has 0 spiro atoms. The van der Waals surface area contributed by atoms with Crippen molar-refractivity contribution in [3.05, 3.63) is 95.4 Å². The van der Waals surface area contributed by atoms with Crippen LogP contribution in [-0.2, 0) is 0 Å². The molecule has 136 valence electrons. The number of hydroxylamine groups is 2. The molecule has 0 fully saturated rings. The molecule has 0 aliphatic carbocycles. The van der Waals surface area contributed by atoms with E-state index in [0.29, 0.717) is 10.7 Å². The molecule has 1 unspecified atom stereocenters. The van der Waals surface area contributed by atoms with Crippen LogP contribution >= 0.6 is 23.4 Å². The Labute approximate surface area is 167 Å². The summed E-state index contributed by atoms with van der Waals surface area (Å²) in [5.74, 6) is 0. The van der Waals surface area contributed by atoms with Gasteiger partial charge in [-0.1, -0.05) is 23.7 Å². The Morgan fingerprint density at radius 1 is 1.04 bits per heavy atom. The van der Waals surface area contributed by atoms with Gasteiger partial charge in [0.2, 0.25) is 0 Å². The fourth-order valence-electron chi connectivity index (χ4n) is 3.17. The van der Waals surface area contributed by atoms with Crippen LogP contribution in [0.4, 0.5) is 5.69 Å². The summed E-state index contributed by atoms with van der Waals surface area (Å²) < 4.78 is 0. The molecule has 0 bridgehead atoms. The number of aromatic nitrogens is 1. The van der Waals surface area contributed by atoms with Crippen molar-refractivity contribution in [1.29, 1.82) is 0 Å². The molecule has 0 saturated heterocycles. The molecule has 1 N–H and O–H groups in total. The number of halogens is 1. The number of thioether (sulfide) groups is 1. The summed E-state index contributed by atoms with van der Waals surface area (Å²) in [5.41, 5.74) is 3.47. The first-order chi connectivity index (χ1) is 13.2. The molecule has 1 atom stereocenters. The van der Waals surface area contributed by atoms with Crippen molar-refractivity contribution in [3.8, 4) is 0 Å². The molecule has 27 heavy (non-hydrogen) atoms. The second-order valence-corrected chi connectivity index (χ2v) is 7.44. The number of hydrogen-bond acceptors (Lipinski definition) is 5. The van der Waals surface area contributed by atoms with Crippen LogP contribution in [-0.4, -0.2) is 21.5 Å². The standard InChI is InChI=1S/C21H18ClN3OS/c1-27-19-7-5-18(6-8-19)24-14-20(16-3-2-4-17(22)13-16)25(26)21(24)15-9-11-23-12-10-15/h2-14,21,26H,1H3. The first-order valence-corrected chi connectivity index (χ1v) is 10.1. The van der Waals surface area contributed by atoms with Crippen molar-refractivity contribution in [3.63, 3.8) is 0 Å². The van der Waals surface area contributed by atoms with Gasteiger partial charge < -0.3 is 4.90 Å². The molecule has 2 heterocycles. The Morgan fingerprint density at radius 3 is 2.44 bits per heavy atom. The van der Waals surface area contributed by atoms with Crippen molar-refractivity contribution >= 4 is 34.7 Å². The minimum Gasteiger partial charge on any atom is -0.319 e. The summed E-state index contributed by atoms with van der Waals surface area (Å²) in [7, 11) is 0. The van der Waals surface area contributed by atoms with Crippen LogP contribution in [0, 0.1) is 0 Å². The van der Waals surface area contributed by atoms with Gasteiger partial charge in [0.05, 0.1) is 5.70 Å². The molecule has 4 rings (SSSR count). The molecule has 1 aliphatic rings. The number of anilines is 1. The molecule has 1 aliphatic heterocycles. The highest BCUT2D eigenvalue weighted by Crippen LogP contribution is 2.41. The van der Waals surface area contributed by atoms with Gasteiger partial charge in [-0.3, -0.25) is 10.2 Å². The van der Waals surface area contributed by atoms with Gasteiger partial charge in [0.25, 0.3) is 0 Å². The lowest BCUT2D eigenvalue weighted by Gasteiger charge is -2.30. The van der Waals surface area contributed by atoms with Crippen molar-refractivity contribution in [2.24, 2.45) is 0 Å². The van der Waals surface area contributed by atoms with Gasteiger partial charge in [-0.2, -0.15) is 0 Å². The zero-order chi connectivity index (χ0) is 18.8. The zero-order valence-corrected chi connectivity index (χ0v) is 16.2. The van der Waals surface area contributed by atoms with Gasteiger partial charge in [0.1, 0.15) is 0 Å². The molecule has 3 aromatic rings. The van der Waals surface area contributed by atoms with Crippen LogP contribution in [0.2, 0.25) is 5.02 Å². The highest BCUT2D eigenvalue weighted by molar-refractivity contribution is 7.98. The third kappa shape index (κ3) is 3.54. The van der Waals surface area contributed by atoms with Crippen molar-refractivity contribution in [1.82, 2.24) is 10.0 Å². The maximum Gasteiger partial charge on any atom is 0.157 e. The summed E-state index contributed by atoms with van der Waals surface area (Å²) in [6, 6.07) is 19.6. The van der Waals surface area contributed by atoms with E-state index >= 15 is 0 Å². The van der Waals surface area contributed by atoms with Crippen molar-refractivity contribution < 1.29 is 5.21 Å². The van der Waals surface area contributed by atoms with E-state index in [2.05, 4.69) is 40.4 Å². The molecule has 0 amide bonds. The Bertz CT molecular complexity index is 963. The van der Waals surface area contributed by atoms with E-state index < -0.39 is 0 Å². The largest absolute Gasteiger partial charge is 0.319 e. The Kier molecular flexibility index (Phi) is 5.07. The van der Waals surface area contributed by atoms with Gasteiger partial charge in [-0.25, -0.2) is 5.06 Å². The summed E-state index contributed by atoms with van der Waals surface area (Å²) in [4.78, 5) is 7.34. The van der Waals surface area contributed by atoms with Crippen LogP contribution in [0.5, 0.6) is 0 Å². The highest BCUT2D eigenvalue weighted by atomic mass is 35.5. The van der Waals surface area contributed by atoms with E-state index in [1.807, 2.05) is 42.6 Å². The Hall–Kier alpha value is -2.47. The lowest BCUT2D eigenvalue weighted by Crippen LogP contribution is -2.29. The Morgan fingerprint density at radius 2 is 1.78 bits per heavy atom. The third-order valence-electron chi connectivity index (χ3n) is 4.50. The summed E-state index contributed by atoms with van der Waals surface area (Å²) in [6.07, 6.45) is 7.08. The summed E-state index contributed by atoms with van der Waals surface area (Å²) in [5, 5.41) is 12.9. The molecule has 4 nitrogen and oxygen atoms in total. The smallest absolute Gasteiger partial charge is 0.157 e. The quantitative estimate of drug-likeness (QED) is 0.576. The van der Waals surface area contributed by atoms with E-state index in [9.17, 15) is 5.21 Å². The third-order valence-corrected chi connectivity index (χ3v) is 5.48. The molecular weight excluding hydrogens is 378 g/mol. The van der Waals surface area contributed by atoms with E-state index in [1.54, 1.807) is 24.2 Å². The molecule has 0 saturated carbocycles. The zero-order valence-electron chi connectivity index (χ0n) is 14.7. The average molecular weight is 396 g/mol. The van der Waals surface area contributed by atoms with Crippen LogP contribution in [0.25, 0.3) is 5.70 Å². The summed E-state index contributed by atoms with van der Waals surface area (Å²) >= 11 is 7.86. The minimum absolute atomic E-state index is 0.387. The predicted octanol–water partition coefficient (Wildman–Crippen LogP) is 5.67. The number of benzene rings is 2. The van der Waals surface area contributed by atoms with Crippen LogP contribution in [0.3, 0.4) is 0 Å². The summed E-state index contributed by atoms with van der Waals surface area (Å²) in [6.45, 7) is 0. The van der Waals surface area contributed by atoms with Gasteiger partial charge in [0, 0.05) is 45.3 Å². The highest BCUT2D eigenvalue weighted by Gasteiger charge is 2.34. The molecule has 0 radical (unpaired) electrons. The van der Waals surface area contributed by atoms with Gasteiger partial charge >= 0.3 is 0 Å². The fourth-order valence-corrected chi connectivity index (χ4v) is 3.77. The second kappa shape index (κ2) is 7.64. The maximum absolute atomic E-state index is 11.0. The average Bonchev–Trinajstić information content (AvgIpc) is 3.06. The molecular formula is C21H18ClN3OS. The molecule has 2 aromatic carbocycles. The van der Waals surface area contributed by atoms with Crippen LogP contribution in [0.15, 0.2) is 84.2 Å². The Balaban J connectivity index is 1.79. The SMILES string of the molecule is CSc1ccc(N2C=C(c3cccc(Cl)c3)N(O)C2c2ccncc2)cc1. The lowest BCUT2D eigenvalue weighted by molar-refractivity contribution is -0.0574. The van der Waals surface area contributed by atoms with Gasteiger partial charge in [-0.05, 0) is 54.8 Å². The lowest BCUT2D eigenvalue weighted by atomic mass is 10.1. The number of pyridine rings is 1. The van der Waals surface area contributed by atoms with Gasteiger partial charge in [0.15, 0.2) is 6.17 Å². The van der Waals surface area contributed by atoms with Crippen molar-refractivity contribution in [2.45, 2.75) is 11.1 Å². The van der Waals surface area contributed by atoms with E-state index in [-0.39, 0.29) is 6.17 Å². The predicted molar refractivity (Wildman–Crippen MR) is 111 cm³/mol. The first kappa shape index (κ1) is 17.9. The van der Waals surface area contributed by atoms with E-state index in [0.717, 1.165) is 16.8 Å². The number of hydrogen-bond donors (Lipinski definition) is 1. The molecule has 6 heteroatoms. The number of nitrogens with zero attached hydrogens (tertiary/aromatic N) is 3. The van der Waals surface area contributed by atoms with Crippen LogP contribution < -0.4 is 4.90 Å². The molecule has 1 aromatic heterocycles. The topological polar surface area (TPSA) is 39.6 Å². The first-order valence-electron chi connectivity index (χ1n) is 8.45. The van der Waals surface area contributed by atoms with E-state index in [4.69, 9.17) is 11.6 Å². The fraction of sp³-hybridized carbons (Fsp3) is 0.0952. The minimum atomic E-state index is -0.387. The van der Waals surface area contributed by atoms with Crippen molar-refractivity contribution in [2.75, 3.05) is 11.2 Å². The maximum atomic E-state index is 11.0.